The smallest absolute Gasteiger partial charge is 0.407 e. The highest BCUT2D eigenvalue weighted by molar-refractivity contribution is 5.84. The molecule has 2 aromatic heterocycles. The van der Waals surface area contributed by atoms with Gasteiger partial charge in [-0.2, -0.15) is 0 Å². The van der Waals surface area contributed by atoms with Gasteiger partial charge in [0.1, 0.15) is 11.6 Å². The molecule has 4 heterocycles. The Balaban J connectivity index is 0.940. The Labute approximate surface area is 313 Å². The van der Waals surface area contributed by atoms with E-state index in [1.807, 2.05) is 22.1 Å². The number of nitrogens with zero attached hydrogens (tertiary/aromatic N) is 4. The molecule has 4 aromatic rings. The van der Waals surface area contributed by atoms with E-state index in [0.717, 1.165) is 109 Å². The van der Waals surface area contributed by atoms with Crippen molar-refractivity contribution >= 4 is 35.0 Å². The Hall–Kier alpha value is -5.40. The van der Waals surface area contributed by atoms with Crippen LogP contribution in [0, 0.1) is 11.8 Å². The molecule has 2 aliphatic carbocycles. The fraction of sp³-hybridized carbons (Fsp3) is 0.500. The highest BCUT2D eigenvalue weighted by Crippen LogP contribution is 2.38. The molecule has 2 aliphatic heterocycles. The zero-order valence-electron chi connectivity index (χ0n) is 30.8. The van der Waals surface area contributed by atoms with Crippen molar-refractivity contribution in [3.05, 3.63) is 60.3 Å². The van der Waals surface area contributed by atoms with Gasteiger partial charge in [-0.05, 0) is 80.2 Å². The number of hydrogen-bond donors (Lipinski definition) is 4. The molecule has 2 saturated carbocycles. The Morgan fingerprint density at radius 2 is 1.22 bits per heavy atom. The summed E-state index contributed by atoms with van der Waals surface area (Å²) >= 11 is 0. The van der Waals surface area contributed by atoms with E-state index in [1.54, 1.807) is 0 Å². The number of hydrogen-bond acceptors (Lipinski definition) is 8. The third-order valence-electron chi connectivity index (χ3n) is 12.0. The van der Waals surface area contributed by atoms with Gasteiger partial charge in [0, 0.05) is 25.2 Å². The number of H-pyrrole nitrogens is 2. The standard InChI is InChI=1S/C40H48N8O6/c1-53-39(51)45-28-9-3-7-26(28)37(49)47-19-5-11-33(47)35-41-22-32(44-35)24-15-13-23(14-16-24)25-17-18-30-31(21-25)43-36(42-30)34-12-6-20-48(34)38(50)27-8-4-10-29(27)46-40(52)54-2/h13-18,21-22,26-29,33-34H,3-12,19-20H2,1-2H3,(H,41,44)(H,42,43)(H,45,51)(H,46,52)/t26-,27-,28-,29-,33+,34+/m1/s1. The van der Waals surface area contributed by atoms with Crippen LogP contribution in [0.25, 0.3) is 33.4 Å². The minimum absolute atomic E-state index is 0.0707. The maximum absolute atomic E-state index is 13.8. The van der Waals surface area contributed by atoms with Crippen LogP contribution in [-0.4, -0.2) is 93.1 Å². The fourth-order valence-corrected chi connectivity index (χ4v) is 9.19. The number of nitrogens with one attached hydrogen (secondary N) is 4. The molecule has 6 atom stereocenters. The molecule has 4 amide bonds. The SMILES string of the molecule is COC(=O)N[C@@H]1CCC[C@H]1C(=O)N1CCC[C@H]1c1ncc(-c2ccc(-c3ccc4nc([C@@H]5CCCN5C(=O)[C@@H]5CCC[C@H]5NC(=O)OC)[nH]c4c3)cc2)[nH]1. The first-order valence-electron chi connectivity index (χ1n) is 19.3. The van der Waals surface area contributed by atoms with Gasteiger partial charge >= 0.3 is 12.2 Å². The molecule has 14 nitrogen and oxygen atoms in total. The second-order valence-corrected chi connectivity index (χ2v) is 15.1. The van der Waals surface area contributed by atoms with Crippen molar-refractivity contribution in [3.63, 3.8) is 0 Å². The van der Waals surface area contributed by atoms with Crippen molar-refractivity contribution in [2.24, 2.45) is 11.8 Å². The first-order chi connectivity index (χ1) is 26.3. The van der Waals surface area contributed by atoms with E-state index >= 15 is 0 Å². The number of alkyl carbamates (subject to hydrolysis) is 2. The van der Waals surface area contributed by atoms with Crippen LogP contribution in [0.1, 0.15) is 87.9 Å². The van der Waals surface area contributed by atoms with Gasteiger partial charge < -0.3 is 39.9 Å². The third kappa shape index (κ3) is 6.89. The van der Waals surface area contributed by atoms with Gasteiger partial charge in [-0.15, -0.1) is 0 Å². The molecule has 4 N–H and O–H groups in total. The van der Waals surface area contributed by atoms with Gasteiger partial charge in [-0.1, -0.05) is 43.2 Å². The molecule has 0 radical (unpaired) electrons. The average molecular weight is 737 g/mol. The number of fused-ring (bicyclic) bond motifs is 1. The molecule has 2 saturated heterocycles. The predicted molar refractivity (Wildman–Crippen MR) is 200 cm³/mol. The molecule has 2 aromatic carbocycles. The van der Waals surface area contributed by atoms with E-state index in [0.29, 0.717) is 13.1 Å². The number of carbonyl (C=O) groups excluding carboxylic acids is 4. The Kier molecular flexibility index (Phi) is 9.99. The normalized spacial score (nSPS) is 25.3. The second kappa shape index (κ2) is 15.2. The number of aromatic amines is 2. The number of rotatable bonds is 8. The topological polar surface area (TPSA) is 175 Å². The number of amides is 4. The molecule has 14 heteroatoms. The Morgan fingerprint density at radius 3 is 1.81 bits per heavy atom. The largest absolute Gasteiger partial charge is 0.453 e. The van der Waals surface area contributed by atoms with Crippen LogP contribution in [0.4, 0.5) is 9.59 Å². The van der Waals surface area contributed by atoms with Crippen LogP contribution in [0.3, 0.4) is 0 Å². The Bertz CT molecular complexity index is 2030. The van der Waals surface area contributed by atoms with E-state index in [9.17, 15) is 19.2 Å². The first-order valence-corrected chi connectivity index (χ1v) is 19.3. The van der Waals surface area contributed by atoms with Crippen LogP contribution in [0.15, 0.2) is 48.7 Å². The second-order valence-electron chi connectivity index (χ2n) is 15.1. The maximum Gasteiger partial charge on any atom is 0.407 e. The van der Waals surface area contributed by atoms with Crippen LogP contribution < -0.4 is 10.6 Å². The first kappa shape index (κ1) is 35.6. The minimum Gasteiger partial charge on any atom is -0.453 e. The van der Waals surface area contributed by atoms with E-state index in [1.165, 1.54) is 14.2 Å². The summed E-state index contributed by atoms with van der Waals surface area (Å²) in [4.78, 5) is 71.8. The summed E-state index contributed by atoms with van der Waals surface area (Å²) in [6.45, 7) is 1.34. The summed E-state index contributed by atoms with van der Waals surface area (Å²) in [5.74, 6) is 1.20. The molecule has 0 bridgehead atoms. The Morgan fingerprint density at radius 1 is 0.667 bits per heavy atom. The molecule has 4 fully saturated rings. The molecule has 0 spiro atoms. The molecule has 4 aliphatic rings. The highest BCUT2D eigenvalue weighted by atomic mass is 16.5. The van der Waals surface area contributed by atoms with E-state index in [4.69, 9.17) is 19.4 Å². The molecular formula is C40H48N8O6. The zero-order chi connectivity index (χ0) is 37.3. The summed E-state index contributed by atoms with van der Waals surface area (Å²) in [7, 11) is 2.68. The van der Waals surface area contributed by atoms with Gasteiger partial charge in [-0.3, -0.25) is 9.59 Å². The number of carbonyl (C=O) groups is 4. The van der Waals surface area contributed by atoms with E-state index in [2.05, 4.69) is 57.0 Å². The summed E-state index contributed by atoms with van der Waals surface area (Å²) < 4.78 is 9.58. The summed E-state index contributed by atoms with van der Waals surface area (Å²) in [5, 5.41) is 5.72. The van der Waals surface area contributed by atoms with Crippen molar-refractivity contribution in [2.75, 3.05) is 27.3 Å². The summed E-state index contributed by atoms with van der Waals surface area (Å²) in [5.41, 5.74) is 5.74. The lowest BCUT2D eigenvalue weighted by Crippen LogP contribution is -2.45. The van der Waals surface area contributed by atoms with Crippen molar-refractivity contribution in [2.45, 2.75) is 88.4 Å². The van der Waals surface area contributed by atoms with Gasteiger partial charge in [0.05, 0.1) is 61.1 Å². The minimum atomic E-state index is -0.498. The highest BCUT2D eigenvalue weighted by Gasteiger charge is 2.42. The zero-order valence-corrected chi connectivity index (χ0v) is 30.8. The predicted octanol–water partition coefficient (Wildman–Crippen LogP) is 6.00. The van der Waals surface area contributed by atoms with Gasteiger partial charge in [0.25, 0.3) is 0 Å². The van der Waals surface area contributed by atoms with E-state index < -0.39 is 12.2 Å². The number of benzene rings is 2. The number of likely N-dealkylation sites (tertiary alicyclic amines) is 2. The van der Waals surface area contributed by atoms with Crippen LogP contribution in [0.5, 0.6) is 0 Å². The number of aromatic nitrogens is 4. The van der Waals surface area contributed by atoms with Crippen LogP contribution >= 0.6 is 0 Å². The summed E-state index contributed by atoms with van der Waals surface area (Å²) in [6.07, 6.45) is 9.13. The number of ether oxygens (including phenoxy) is 2. The monoisotopic (exact) mass is 736 g/mol. The fourth-order valence-electron chi connectivity index (χ4n) is 9.19. The lowest BCUT2D eigenvalue weighted by Gasteiger charge is -2.29. The lowest BCUT2D eigenvalue weighted by atomic mass is 10.0. The third-order valence-corrected chi connectivity index (χ3v) is 12.0. The van der Waals surface area contributed by atoms with Gasteiger partial charge in [-0.25, -0.2) is 19.6 Å². The van der Waals surface area contributed by atoms with Crippen molar-refractivity contribution in [1.29, 1.82) is 0 Å². The quantitative estimate of drug-likeness (QED) is 0.171. The number of imidazole rings is 2. The van der Waals surface area contributed by atoms with E-state index in [-0.39, 0.29) is 47.8 Å². The molecule has 284 valence electrons. The average Bonchev–Trinajstić information content (AvgIpc) is 4.05. The van der Waals surface area contributed by atoms with Gasteiger partial charge in [0.2, 0.25) is 11.8 Å². The lowest BCUT2D eigenvalue weighted by molar-refractivity contribution is -0.137. The molecule has 8 rings (SSSR count). The molecular weight excluding hydrogens is 688 g/mol. The van der Waals surface area contributed by atoms with Crippen LogP contribution in [0.2, 0.25) is 0 Å². The van der Waals surface area contributed by atoms with Crippen molar-refractivity contribution in [3.8, 4) is 22.4 Å². The van der Waals surface area contributed by atoms with Gasteiger partial charge in [0.15, 0.2) is 0 Å². The van der Waals surface area contributed by atoms with Crippen molar-refractivity contribution in [1.82, 2.24) is 40.4 Å². The summed E-state index contributed by atoms with van der Waals surface area (Å²) in [6, 6.07) is 13.8. The maximum atomic E-state index is 13.8. The van der Waals surface area contributed by atoms with Crippen molar-refractivity contribution < 1.29 is 28.7 Å². The number of methoxy groups -OCH3 is 2. The van der Waals surface area contributed by atoms with Crippen LogP contribution in [-0.2, 0) is 19.1 Å². The molecule has 0 unspecified atom stereocenters. The molecule has 54 heavy (non-hydrogen) atoms.